The molecule has 1 amide bonds. The fourth-order valence-corrected chi connectivity index (χ4v) is 4.62. The molecular weight excluding hydrogens is 302 g/mol. The van der Waals surface area contributed by atoms with Crippen LogP contribution in [0.15, 0.2) is 17.2 Å². The third kappa shape index (κ3) is 3.52. The van der Waals surface area contributed by atoms with Gasteiger partial charge in [-0.2, -0.15) is 0 Å². The summed E-state index contributed by atoms with van der Waals surface area (Å²) in [7, 11) is -3.54. The zero-order valence-corrected chi connectivity index (χ0v) is 13.4. The Morgan fingerprint density at radius 1 is 1.05 bits per heavy atom. The van der Waals surface area contributed by atoms with Gasteiger partial charge in [0.15, 0.2) is 0 Å². The maximum Gasteiger partial charge on any atom is 0.267 e. The van der Waals surface area contributed by atoms with Crippen molar-refractivity contribution in [3.8, 4) is 0 Å². The van der Waals surface area contributed by atoms with Gasteiger partial charge in [-0.25, -0.2) is 13.1 Å². The minimum absolute atomic E-state index is 0.0238. The molecule has 7 heteroatoms. The average Bonchev–Trinajstić information content (AvgIpc) is 3.20. The first-order valence-corrected chi connectivity index (χ1v) is 9.54. The van der Waals surface area contributed by atoms with Crippen molar-refractivity contribution in [3.05, 3.63) is 18.0 Å². The Morgan fingerprint density at radius 2 is 1.64 bits per heavy atom. The summed E-state index contributed by atoms with van der Waals surface area (Å²) in [4.78, 5) is 15.0. The zero-order chi connectivity index (χ0) is 15.6. The second kappa shape index (κ2) is 6.42. The van der Waals surface area contributed by atoms with Gasteiger partial charge in [-0.1, -0.05) is 25.7 Å². The lowest BCUT2D eigenvalue weighted by molar-refractivity contribution is 0.0933. The molecule has 22 heavy (non-hydrogen) atoms. The number of hydrogen-bond acceptors (Lipinski definition) is 3. The number of sulfonamides is 1. The zero-order valence-electron chi connectivity index (χ0n) is 12.6. The normalized spacial score (nSPS) is 20.5. The molecule has 3 N–H and O–H groups in total. The molecule has 0 radical (unpaired) electrons. The standard InChI is InChI=1S/C15H23N3O3S/c19-15(17-11-5-1-2-6-11)14-9-13(10-16-14)22(20,21)18-12-7-3-4-8-12/h9-12,16,18H,1-8H2,(H,17,19). The van der Waals surface area contributed by atoms with Crippen molar-refractivity contribution in [2.75, 3.05) is 0 Å². The van der Waals surface area contributed by atoms with E-state index in [1.807, 2.05) is 0 Å². The van der Waals surface area contributed by atoms with Crippen LogP contribution in [0.3, 0.4) is 0 Å². The van der Waals surface area contributed by atoms with Gasteiger partial charge < -0.3 is 10.3 Å². The van der Waals surface area contributed by atoms with Crippen LogP contribution in [0, 0.1) is 0 Å². The van der Waals surface area contributed by atoms with Gasteiger partial charge in [-0.3, -0.25) is 4.79 Å². The summed E-state index contributed by atoms with van der Waals surface area (Å²) >= 11 is 0. The molecule has 0 unspecified atom stereocenters. The van der Waals surface area contributed by atoms with E-state index in [0.717, 1.165) is 51.4 Å². The van der Waals surface area contributed by atoms with Crippen molar-refractivity contribution in [1.29, 1.82) is 0 Å². The lowest BCUT2D eigenvalue weighted by Crippen LogP contribution is -2.33. The summed E-state index contributed by atoms with van der Waals surface area (Å²) in [6, 6.07) is 1.66. The second-order valence-corrected chi connectivity index (χ2v) is 8.02. The Labute approximate surface area is 131 Å². The molecule has 2 aliphatic carbocycles. The van der Waals surface area contributed by atoms with Crippen molar-refractivity contribution >= 4 is 15.9 Å². The Bertz CT molecular complexity index is 626. The van der Waals surface area contributed by atoms with E-state index < -0.39 is 10.0 Å². The summed E-state index contributed by atoms with van der Waals surface area (Å²) in [6.07, 6.45) is 9.58. The van der Waals surface area contributed by atoms with Crippen LogP contribution in [0.4, 0.5) is 0 Å². The number of amides is 1. The highest BCUT2D eigenvalue weighted by Crippen LogP contribution is 2.21. The highest BCUT2D eigenvalue weighted by atomic mass is 32.2. The maximum absolute atomic E-state index is 12.3. The largest absolute Gasteiger partial charge is 0.356 e. The maximum atomic E-state index is 12.3. The fourth-order valence-electron chi connectivity index (χ4n) is 3.33. The van der Waals surface area contributed by atoms with Gasteiger partial charge in [0.05, 0.1) is 0 Å². The lowest BCUT2D eigenvalue weighted by Gasteiger charge is -2.11. The van der Waals surface area contributed by atoms with Crippen LogP contribution in [-0.4, -0.2) is 31.4 Å². The van der Waals surface area contributed by atoms with E-state index in [9.17, 15) is 13.2 Å². The fraction of sp³-hybridized carbons (Fsp3) is 0.667. The van der Waals surface area contributed by atoms with Crippen molar-refractivity contribution in [1.82, 2.24) is 15.0 Å². The summed E-state index contributed by atoms with van der Waals surface area (Å²) < 4.78 is 27.3. The molecule has 0 aliphatic heterocycles. The van der Waals surface area contributed by atoms with Gasteiger partial charge in [0, 0.05) is 18.3 Å². The number of carbonyl (C=O) groups excluding carboxylic acids is 1. The number of aromatic nitrogens is 1. The number of hydrogen-bond donors (Lipinski definition) is 3. The third-order valence-electron chi connectivity index (χ3n) is 4.58. The number of rotatable bonds is 5. The summed E-state index contributed by atoms with van der Waals surface area (Å²) in [5, 5.41) is 2.95. The molecule has 2 saturated carbocycles. The Morgan fingerprint density at radius 3 is 2.27 bits per heavy atom. The van der Waals surface area contributed by atoms with Crippen LogP contribution in [0.5, 0.6) is 0 Å². The molecule has 122 valence electrons. The van der Waals surface area contributed by atoms with E-state index in [1.165, 1.54) is 12.3 Å². The quantitative estimate of drug-likeness (QED) is 0.772. The van der Waals surface area contributed by atoms with E-state index in [-0.39, 0.29) is 22.9 Å². The molecule has 1 aromatic rings. The van der Waals surface area contributed by atoms with E-state index in [1.54, 1.807) is 0 Å². The highest BCUT2D eigenvalue weighted by molar-refractivity contribution is 7.89. The van der Waals surface area contributed by atoms with Gasteiger partial charge in [0.25, 0.3) is 5.91 Å². The smallest absolute Gasteiger partial charge is 0.267 e. The molecule has 2 aliphatic rings. The molecule has 0 aromatic carbocycles. The van der Waals surface area contributed by atoms with Gasteiger partial charge in [-0.05, 0) is 31.7 Å². The third-order valence-corrected chi connectivity index (χ3v) is 6.08. The molecule has 2 fully saturated rings. The average molecular weight is 325 g/mol. The first-order valence-electron chi connectivity index (χ1n) is 8.06. The molecule has 1 heterocycles. The SMILES string of the molecule is O=C(NC1CCCC1)c1cc(S(=O)(=O)NC2CCCC2)c[nH]1. The Balaban J connectivity index is 1.65. The van der Waals surface area contributed by atoms with Gasteiger partial charge in [0.2, 0.25) is 10.0 Å². The Hall–Kier alpha value is -1.34. The molecule has 0 bridgehead atoms. The van der Waals surface area contributed by atoms with Crippen LogP contribution >= 0.6 is 0 Å². The van der Waals surface area contributed by atoms with Crippen LogP contribution in [-0.2, 0) is 10.0 Å². The van der Waals surface area contributed by atoms with Gasteiger partial charge >= 0.3 is 0 Å². The van der Waals surface area contributed by atoms with Crippen LogP contribution in [0.25, 0.3) is 0 Å². The molecule has 1 aromatic heterocycles. The molecule has 0 atom stereocenters. The number of aromatic amines is 1. The second-order valence-electron chi connectivity index (χ2n) is 6.31. The minimum Gasteiger partial charge on any atom is -0.356 e. The highest BCUT2D eigenvalue weighted by Gasteiger charge is 2.25. The van der Waals surface area contributed by atoms with E-state index in [0.29, 0.717) is 5.69 Å². The summed E-state index contributed by atoms with van der Waals surface area (Å²) in [6.45, 7) is 0. The predicted octanol–water partition coefficient (Wildman–Crippen LogP) is 1.91. The number of carbonyl (C=O) groups is 1. The van der Waals surface area contributed by atoms with Gasteiger partial charge in [-0.15, -0.1) is 0 Å². The van der Waals surface area contributed by atoms with Crippen molar-refractivity contribution in [3.63, 3.8) is 0 Å². The molecule has 0 saturated heterocycles. The topological polar surface area (TPSA) is 91.1 Å². The van der Waals surface area contributed by atoms with E-state index >= 15 is 0 Å². The van der Waals surface area contributed by atoms with E-state index in [2.05, 4.69) is 15.0 Å². The Kier molecular flexibility index (Phi) is 4.54. The van der Waals surface area contributed by atoms with Crippen molar-refractivity contribution in [2.45, 2.75) is 68.3 Å². The number of H-pyrrole nitrogens is 1. The first kappa shape index (κ1) is 15.6. The van der Waals surface area contributed by atoms with Crippen molar-refractivity contribution < 1.29 is 13.2 Å². The monoisotopic (exact) mass is 325 g/mol. The van der Waals surface area contributed by atoms with Crippen LogP contribution in [0.2, 0.25) is 0 Å². The molecule has 3 rings (SSSR count). The van der Waals surface area contributed by atoms with Crippen LogP contribution in [0.1, 0.15) is 61.9 Å². The minimum atomic E-state index is -3.54. The first-order chi connectivity index (χ1) is 10.5. The summed E-state index contributed by atoms with van der Waals surface area (Å²) in [5.74, 6) is -0.228. The van der Waals surface area contributed by atoms with Crippen LogP contribution < -0.4 is 10.0 Å². The molecule has 6 nitrogen and oxygen atoms in total. The lowest BCUT2D eigenvalue weighted by atomic mass is 10.2. The number of nitrogens with one attached hydrogen (secondary N) is 3. The van der Waals surface area contributed by atoms with Crippen molar-refractivity contribution in [2.24, 2.45) is 0 Å². The van der Waals surface area contributed by atoms with Gasteiger partial charge in [0.1, 0.15) is 10.6 Å². The van der Waals surface area contributed by atoms with E-state index in [4.69, 9.17) is 0 Å². The molecule has 0 spiro atoms. The summed E-state index contributed by atoms with van der Waals surface area (Å²) in [5.41, 5.74) is 0.304. The predicted molar refractivity (Wildman–Crippen MR) is 83.1 cm³/mol. The molecular formula is C15H23N3O3S.